The van der Waals surface area contributed by atoms with E-state index in [9.17, 15) is 4.39 Å². The zero-order chi connectivity index (χ0) is 10.5. The molecule has 1 saturated heterocycles. The highest BCUT2D eigenvalue weighted by Crippen LogP contribution is 2.28. The van der Waals surface area contributed by atoms with Crippen LogP contribution in [0, 0.1) is 5.92 Å². The standard InChI is InChI=1S/C12H23FN2/c13-6-1-9-15(12-2-3-12)10-11-4-7-14-8-5-11/h11-12,14H,1-10H2. The van der Waals surface area contributed by atoms with Gasteiger partial charge in [0.1, 0.15) is 0 Å². The van der Waals surface area contributed by atoms with Gasteiger partial charge in [-0.1, -0.05) is 0 Å². The molecule has 0 bridgehead atoms. The first-order valence-corrected chi connectivity index (χ1v) is 6.41. The fourth-order valence-corrected chi connectivity index (χ4v) is 2.52. The molecule has 1 N–H and O–H groups in total. The van der Waals surface area contributed by atoms with Crippen LogP contribution < -0.4 is 5.32 Å². The predicted octanol–water partition coefficient (Wildman–Crippen LogP) is 1.81. The first-order chi connectivity index (χ1) is 7.40. The fraction of sp³-hybridized carbons (Fsp3) is 1.00. The van der Waals surface area contributed by atoms with E-state index >= 15 is 0 Å². The molecular formula is C12H23FN2. The summed E-state index contributed by atoms with van der Waals surface area (Å²) in [5.74, 6) is 0.853. The minimum atomic E-state index is -0.157. The molecule has 2 nitrogen and oxygen atoms in total. The van der Waals surface area contributed by atoms with Gasteiger partial charge in [0.25, 0.3) is 0 Å². The van der Waals surface area contributed by atoms with Crippen LogP contribution in [0.25, 0.3) is 0 Å². The maximum atomic E-state index is 12.2. The van der Waals surface area contributed by atoms with Crippen molar-refractivity contribution in [3.63, 3.8) is 0 Å². The first kappa shape index (κ1) is 11.3. The van der Waals surface area contributed by atoms with Crippen LogP contribution in [0.2, 0.25) is 0 Å². The molecule has 2 rings (SSSR count). The van der Waals surface area contributed by atoms with Crippen molar-refractivity contribution in [2.45, 2.75) is 38.1 Å². The number of nitrogens with zero attached hydrogens (tertiary/aromatic N) is 1. The molecule has 1 heterocycles. The van der Waals surface area contributed by atoms with Gasteiger partial charge in [-0.2, -0.15) is 0 Å². The third-order valence-corrected chi connectivity index (χ3v) is 3.59. The van der Waals surface area contributed by atoms with E-state index in [-0.39, 0.29) is 6.67 Å². The highest BCUT2D eigenvalue weighted by molar-refractivity contribution is 4.86. The van der Waals surface area contributed by atoms with Crippen molar-refractivity contribution in [1.82, 2.24) is 10.2 Å². The Morgan fingerprint density at radius 3 is 2.47 bits per heavy atom. The number of rotatable bonds is 6. The van der Waals surface area contributed by atoms with Crippen LogP contribution in [0.5, 0.6) is 0 Å². The smallest absolute Gasteiger partial charge is 0.0906 e. The van der Waals surface area contributed by atoms with E-state index in [4.69, 9.17) is 0 Å². The van der Waals surface area contributed by atoms with Crippen LogP contribution in [0.15, 0.2) is 0 Å². The summed E-state index contributed by atoms with van der Waals surface area (Å²) in [4.78, 5) is 2.54. The highest BCUT2D eigenvalue weighted by atomic mass is 19.1. The Bertz CT molecular complexity index is 176. The minimum Gasteiger partial charge on any atom is -0.317 e. The average molecular weight is 214 g/mol. The summed E-state index contributed by atoms with van der Waals surface area (Å²) in [5, 5.41) is 3.40. The van der Waals surface area contributed by atoms with Gasteiger partial charge in [-0.15, -0.1) is 0 Å². The van der Waals surface area contributed by atoms with Gasteiger partial charge in [0.2, 0.25) is 0 Å². The van der Waals surface area contributed by atoms with E-state index in [1.54, 1.807) is 0 Å². The molecule has 0 unspecified atom stereocenters. The summed E-state index contributed by atoms with van der Waals surface area (Å²) in [7, 11) is 0. The van der Waals surface area contributed by atoms with Gasteiger partial charge in [0.05, 0.1) is 6.67 Å². The number of halogens is 1. The number of piperidine rings is 1. The molecule has 0 amide bonds. The van der Waals surface area contributed by atoms with Gasteiger partial charge in [-0.25, -0.2) is 0 Å². The molecule has 1 saturated carbocycles. The molecular weight excluding hydrogens is 191 g/mol. The number of hydrogen-bond donors (Lipinski definition) is 1. The van der Waals surface area contributed by atoms with Gasteiger partial charge in [-0.05, 0) is 51.1 Å². The van der Waals surface area contributed by atoms with Crippen LogP contribution in [-0.4, -0.2) is 43.8 Å². The van der Waals surface area contributed by atoms with Gasteiger partial charge >= 0.3 is 0 Å². The second kappa shape index (κ2) is 5.80. The molecule has 3 heteroatoms. The molecule has 0 aromatic carbocycles. The summed E-state index contributed by atoms with van der Waals surface area (Å²) in [5.41, 5.74) is 0. The van der Waals surface area contributed by atoms with Crippen LogP contribution in [0.1, 0.15) is 32.1 Å². The Kier molecular flexibility index (Phi) is 4.39. The zero-order valence-corrected chi connectivity index (χ0v) is 9.55. The maximum Gasteiger partial charge on any atom is 0.0906 e. The number of alkyl halides is 1. The fourth-order valence-electron chi connectivity index (χ4n) is 2.52. The lowest BCUT2D eigenvalue weighted by Crippen LogP contribution is -2.37. The third-order valence-electron chi connectivity index (χ3n) is 3.59. The highest BCUT2D eigenvalue weighted by Gasteiger charge is 2.30. The lowest BCUT2D eigenvalue weighted by Gasteiger charge is -2.30. The third kappa shape index (κ3) is 3.72. The topological polar surface area (TPSA) is 15.3 Å². The van der Waals surface area contributed by atoms with Gasteiger partial charge < -0.3 is 10.2 Å². The van der Waals surface area contributed by atoms with E-state index in [1.807, 2.05) is 0 Å². The summed E-state index contributed by atoms with van der Waals surface area (Å²) >= 11 is 0. The normalized spacial score (nSPS) is 23.6. The molecule has 1 aliphatic carbocycles. The second-order valence-electron chi connectivity index (χ2n) is 4.96. The number of nitrogens with one attached hydrogen (secondary N) is 1. The Morgan fingerprint density at radius 1 is 1.13 bits per heavy atom. The Hall–Kier alpha value is -0.150. The SMILES string of the molecule is FCCCN(CC1CCNCC1)C1CC1. The monoisotopic (exact) mass is 214 g/mol. The number of hydrogen-bond acceptors (Lipinski definition) is 2. The molecule has 0 aromatic rings. The Labute approximate surface area is 92.2 Å². The summed E-state index contributed by atoms with van der Waals surface area (Å²) in [6, 6.07) is 0.798. The van der Waals surface area contributed by atoms with E-state index in [0.29, 0.717) is 0 Å². The second-order valence-corrected chi connectivity index (χ2v) is 4.96. The lowest BCUT2D eigenvalue weighted by atomic mass is 9.97. The molecule has 0 atom stereocenters. The van der Waals surface area contributed by atoms with Crippen LogP contribution >= 0.6 is 0 Å². The van der Waals surface area contributed by atoms with Crippen LogP contribution in [0.3, 0.4) is 0 Å². The molecule has 1 aliphatic heterocycles. The maximum absolute atomic E-state index is 12.2. The van der Waals surface area contributed by atoms with Crippen molar-refractivity contribution < 1.29 is 4.39 Å². The first-order valence-electron chi connectivity index (χ1n) is 6.41. The zero-order valence-electron chi connectivity index (χ0n) is 9.55. The molecule has 0 radical (unpaired) electrons. The van der Waals surface area contributed by atoms with E-state index in [2.05, 4.69) is 10.2 Å². The quantitative estimate of drug-likeness (QED) is 0.725. The lowest BCUT2D eigenvalue weighted by molar-refractivity contribution is 0.190. The molecule has 2 aliphatic rings. The molecule has 15 heavy (non-hydrogen) atoms. The van der Waals surface area contributed by atoms with Gasteiger partial charge in [0, 0.05) is 19.1 Å². The van der Waals surface area contributed by atoms with Crippen molar-refractivity contribution in [2.24, 2.45) is 5.92 Å². The van der Waals surface area contributed by atoms with Crippen molar-refractivity contribution in [2.75, 3.05) is 32.9 Å². The average Bonchev–Trinajstić information content (AvgIpc) is 3.09. The van der Waals surface area contributed by atoms with Gasteiger partial charge in [0.15, 0.2) is 0 Å². The van der Waals surface area contributed by atoms with Crippen LogP contribution in [0.4, 0.5) is 4.39 Å². The summed E-state index contributed by atoms with van der Waals surface area (Å²) < 4.78 is 12.2. The molecule has 2 fully saturated rings. The summed E-state index contributed by atoms with van der Waals surface area (Å²) in [6.45, 7) is 4.38. The predicted molar refractivity (Wildman–Crippen MR) is 60.8 cm³/mol. The molecule has 0 aromatic heterocycles. The molecule has 88 valence electrons. The Balaban J connectivity index is 1.72. The van der Waals surface area contributed by atoms with Crippen molar-refractivity contribution in [3.05, 3.63) is 0 Å². The minimum absolute atomic E-state index is 0.157. The largest absolute Gasteiger partial charge is 0.317 e. The summed E-state index contributed by atoms with van der Waals surface area (Å²) in [6.07, 6.45) is 6.02. The van der Waals surface area contributed by atoms with E-state index < -0.39 is 0 Å². The van der Waals surface area contributed by atoms with Crippen LogP contribution in [-0.2, 0) is 0 Å². The van der Waals surface area contributed by atoms with Crippen molar-refractivity contribution in [1.29, 1.82) is 0 Å². The van der Waals surface area contributed by atoms with Gasteiger partial charge in [-0.3, -0.25) is 4.39 Å². The van der Waals surface area contributed by atoms with Crippen molar-refractivity contribution in [3.8, 4) is 0 Å². The van der Waals surface area contributed by atoms with E-state index in [1.165, 1.54) is 45.3 Å². The molecule has 0 spiro atoms. The van der Waals surface area contributed by atoms with Crippen molar-refractivity contribution >= 4 is 0 Å². The Morgan fingerprint density at radius 2 is 1.87 bits per heavy atom. The van der Waals surface area contributed by atoms with E-state index in [0.717, 1.165) is 24.9 Å².